The number of nitrogens with zero attached hydrogens (tertiary/aromatic N) is 1. The highest BCUT2D eigenvalue weighted by Gasteiger charge is 2.25. The first-order valence-corrected chi connectivity index (χ1v) is 23.7. The fourth-order valence-corrected chi connectivity index (χ4v) is 7.17. The molecule has 2 unspecified atom stereocenters. The predicted octanol–water partition coefficient (Wildman–Crippen LogP) is 11.8. The molecule has 0 radical (unpaired) electrons. The van der Waals surface area contributed by atoms with E-state index in [-0.39, 0.29) is 42.7 Å². The van der Waals surface area contributed by atoms with E-state index in [0.717, 1.165) is 57.8 Å². The van der Waals surface area contributed by atoms with Crippen molar-refractivity contribution < 1.29 is 38.2 Å². The molecule has 0 N–H and O–H groups in total. The van der Waals surface area contributed by atoms with Crippen LogP contribution in [0.1, 0.15) is 226 Å². The second kappa shape index (κ2) is 39.9. The lowest BCUT2D eigenvalue weighted by molar-refractivity contribution is -0.889. The van der Waals surface area contributed by atoms with Crippen molar-refractivity contribution in [1.82, 2.24) is 0 Å². The first-order chi connectivity index (χ1) is 27.1. The minimum Gasteiger partial charge on any atom is -0.544 e. The molecule has 0 aromatic carbocycles. The fourth-order valence-electron chi connectivity index (χ4n) is 7.17. The molecule has 8 nitrogen and oxygen atoms in total. The summed E-state index contributed by atoms with van der Waals surface area (Å²) in [5.74, 6) is -1.74. The number of carbonyl (C=O) groups excluding carboxylic acids is 3. The lowest BCUT2D eigenvalue weighted by Crippen LogP contribution is -2.55. The van der Waals surface area contributed by atoms with E-state index in [0.29, 0.717) is 12.8 Å². The molecule has 0 bridgehead atoms. The van der Waals surface area contributed by atoms with E-state index < -0.39 is 18.1 Å². The van der Waals surface area contributed by atoms with Gasteiger partial charge in [-0.05, 0) is 32.1 Å². The maximum absolute atomic E-state index is 12.7. The summed E-state index contributed by atoms with van der Waals surface area (Å²) in [6.07, 6.45) is 42.5. The van der Waals surface area contributed by atoms with Crippen LogP contribution in [0.2, 0.25) is 0 Å². The molecule has 330 valence electrons. The van der Waals surface area contributed by atoms with Gasteiger partial charge in [-0.25, -0.2) is 0 Å². The summed E-state index contributed by atoms with van der Waals surface area (Å²) in [6.45, 7) is 4.64. The maximum Gasteiger partial charge on any atom is 0.306 e. The molecule has 0 heterocycles. The van der Waals surface area contributed by atoms with Gasteiger partial charge in [0, 0.05) is 19.3 Å². The van der Waals surface area contributed by atoms with Gasteiger partial charge in [-0.1, -0.05) is 187 Å². The van der Waals surface area contributed by atoms with Gasteiger partial charge in [0.15, 0.2) is 6.10 Å². The maximum atomic E-state index is 12.7. The van der Waals surface area contributed by atoms with Crippen LogP contribution in [0.15, 0.2) is 12.2 Å². The number of allylic oxidation sites excluding steroid dienone is 2. The van der Waals surface area contributed by atoms with Crippen molar-refractivity contribution in [2.45, 2.75) is 238 Å². The third-order valence-electron chi connectivity index (χ3n) is 10.9. The Morgan fingerprint density at radius 3 is 1.34 bits per heavy atom. The average molecular weight is 794 g/mol. The van der Waals surface area contributed by atoms with Crippen LogP contribution in [0.25, 0.3) is 0 Å². The summed E-state index contributed by atoms with van der Waals surface area (Å²) >= 11 is 0. The van der Waals surface area contributed by atoms with Crippen LogP contribution in [0.5, 0.6) is 0 Å². The zero-order chi connectivity index (χ0) is 41.4. The Kier molecular flexibility index (Phi) is 38.5. The highest BCUT2D eigenvalue weighted by atomic mass is 16.6. The van der Waals surface area contributed by atoms with Crippen molar-refractivity contribution in [1.29, 1.82) is 0 Å². The number of carboxylic acids is 1. The van der Waals surface area contributed by atoms with E-state index in [1.807, 2.05) is 0 Å². The molecular weight excluding hydrogens is 703 g/mol. The number of ether oxygens (including phenoxy) is 3. The van der Waals surface area contributed by atoms with Gasteiger partial charge >= 0.3 is 11.9 Å². The van der Waals surface area contributed by atoms with E-state index in [4.69, 9.17) is 14.2 Å². The molecule has 0 aliphatic carbocycles. The fraction of sp³-hybridized carbons (Fsp3) is 0.896. The Morgan fingerprint density at radius 1 is 0.518 bits per heavy atom. The number of esters is 2. The van der Waals surface area contributed by atoms with Crippen LogP contribution in [-0.2, 0) is 28.6 Å². The number of quaternary nitrogens is 1. The molecular formula is C48H91NO7. The lowest BCUT2D eigenvalue weighted by Gasteiger charge is -2.34. The first-order valence-electron chi connectivity index (χ1n) is 23.7. The number of carboxylic acid groups (broad SMARTS) is 1. The number of hydrogen-bond donors (Lipinski definition) is 0. The molecule has 0 aromatic heterocycles. The summed E-state index contributed by atoms with van der Waals surface area (Å²) in [4.78, 5) is 36.8. The first kappa shape index (κ1) is 54.1. The molecule has 0 aliphatic heterocycles. The number of hydrogen-bond acceptors (Lipinski definition) is 7. The topological polar surface area (TPSA) is 102 Å². The molecule has 0 rings (SSSR count). The Labute approximate surface area is 346 Å². The van der Waals surface area contributed by atoms with Crippen LogP contribution in [0.3, 0.4) is 0 Å². The van der Waals surface area contributed by atoms with Crippen molar-refractivity contribution in [3.8, 4) is 0 Å². The van der Waals surface area contributed by atoms with Crippen LogP contribution >= 0.6 is 0 Å². The largest absolute Gasteiger partial charge is 0.544 e. The van der Waals surface area contributed by atoms with Gasteiger partial charge in [0.1, 0.15) is 12.6 Å². The molecule has 0 aromatic rings. The summed E-state index contributed by atoms with van der Waals surface area (Å²) in [6, 6.07) is -0.722. The van der Waals surface area contributed by atoms with Crippen molar-refractivity contribution in [2.75, 3.05) is 41.0 Å². The van der Waals surface area contributed by atoms with Crippen molar-refractivity contribution >= 4 is 17.9 Å². The SMILES string of the molecule is CCCC/C=C/CCCCCCC(=O)OCC(COCCC(C(=O)[O-])[N+](C)(C)C)OC(=O)CCCCCCCCCCCCCCCCCCCCCCCC. The molecule has 8 heteroatoms. The molecule has 0 fully saturated rings. The molecule has 56 heavy (non-hydrogen) atoms. The number of carbonyl (C=O) groups is 3. The Hall–Kier alpha value is -1.93. The van der Waals surface area contributed by atoms with Gasteiger partial charge in [0.05, 0.1) is 40.3 Å². The van der Waals surface area contributed by atoms with Gasteiger partial charge < -0.3 is 28.6 Å². The molecule has 0 spiro atoms. The van der Waals surface area contributed by atoms with E-state index >= 15 is 0 Å². The molecule has 2 atom stereocenters. The number of rotatable bonds is 43. The second-order valence-corrected chi connectivity index (χ2v) is 17.4. The average Bonchev–Trinajstić information content (AvgIpc) is 3.15. The molecule has 0 amide bonds. The smallest absolute Gasteiger partial charge is 0.306 e. The third-order valence-corrected chi connectivity index (χ3v) is 10.9. The highest BCUT2D eigenvalue weighted by Crippen LogP contribution is 2.16. The Morgan fingerprint density at radius 2 is 0.911 bits per heavy atom. The van der Waals surface area contributed by atoms with Gasteiger partial charge in [-0.3, -0.25) is 9.59 Å². The van der Waals surface area contributed by atoms with Crippen molar-refractivity contribution in [2.24, 2.45) is 0 Å². The van der Waals surface area contributed by atoms with E-state index in [1.54, 1.807) is 21.1 Å². The van der Waals surface area contributed by atoms with Gasteiger partial charge in [0.2, 0.25) is 0 Å². The lowest BCUT2D eigenvalue weighted by atomic mass is 10.0. The molecule has 0 saturated carbocycles. The quantitative estimate of drug-likeness (QED) is 0.0262. The van der Waals surface area contributed by atoms with Gasteiger partial charge in [-0.15, -0.1) is 0 Å². The molecule has 0 aliphatic rings. The molecule has 0 saturated heterocycles. The monoisotopic (exact) mass is 794 g/mol. The Bertz CT molecular complexity index is 931. The summed E-state index contributed by atoms with van der Waals surface area (Å²) < 4.78 is 17.2. The van der Waals surface area contributed by atoms with Crippen molar-refractivity contribution in [3.05, 3.63) is 12.2 Å². The van der Waals surface area contributed by atoms with E-state index in [1.165, 1.54) is 135 Å². The zero-order valence-corrected chi connectivity index (χ0v) is 37.6. The number of aliphatic carboxylic acids is 1. The van der Waals surface area contributed by atoms with Crippen molar-refractivity contribution in [3.63, 3.8) is 0 Å². The van der Waals surface area contributed by atoms with Crippen LogP contribution in [0.4, 0.5) is 0 Å². The Balaban J connectivity index is 4.16. The minimum absolute atomic E-state index is 0.0427. The van der Waals surface area contributed by atoms with E-state index in [9.17, 15) is 19.5 Å². The summed E-state index contributed by atoms with van der Waals surface area (Å²) in [7, 11) is 5.41. The second-order valence-electron chi connectivity index (χ2n) is 17.4. The van der Waals surface area contributed by atoms with Crippen LogP contribution in [0, 0.1) is 0 Å². The highest BCUT2D eigenvalue weighted by molar-refractivity contribution is 5.70. The third kappa shape index (κ3) is 37.6. The minimum atomic E-state index is -1.12. The van der Waals surface area contributed by atoms with E-state index in [2.05, 4.69) is 26.0 Å². The van der Waals surface area contributed by atoms with Gasteiger partial charge in [0.25, 0.3) is 0 Å². The van der Waals surface area contributed by atoms with Crippen LogP contribution < -0.4 is 5.11 Å². The van der Waals surface area contributed by atoms with Crippen LogP contribution in [-0.4, -0.2) is 75.5 Å². The van der Waals surface area contributed by atoms with Gasteiger partial charge in [-0.2, -0.15) is 0 Å². The normalized spacial score (nSPS) is 12.9. The zero-order valence-electron chi connectivity index (χ0n) is 37.6. The standard InChI is InChI=1S/C48H91NO7/c1-6-8-10-12-14-16-18-19-20-21-22-23-24-25-26-27-28-29-31-33-35-37-39-47(51)56-44(42-54-41-40-45(48(52)53)49(3,4)5)43-55-46(50)38-36-34-32-30-17-15-13-11-9-7-2/h13,15,44-45H,6-12,14,16-43H2,1-5H3/b15-13+. The number of likely N-dealkylation sites (N-methyl/N-ethyl adjacent to an activating group) is 1. The predicted molar refractivity (Wildman–Crippen MR) is 231 cm³/mol. The summed E-state index contributed by atoms with van der Waals surface area (Å²) in [5.41, 5.74) is 0. The summed E-state index contributed by atoms with van der Waals surface area (Å²) in [5, 5.41) is 11.6. The number of unbranched alkanes of at least 4 members (excludes halogenated alkanes) is 27.